The van der Waals surface area contributed by atoms with Gasteiger partial charge in [0.25, 0.3) is 5.91 Å². The van der Waals surface area contributed by atoms with Crippen LogP contribution in [0.1, 0.15) is 28.3 Å². The lowest BCUT2D eigenvalue weighted by molar-refractivity contribution is 0.0943. The standard InChI is InChI=1S/C18H15FN2OS/c1-12(15-4-2-3-11-20-15)21-18(22)17-10-9-16(23-17)13-5-7-14(19)8-6-13/h2-12H,1H3,(H,21,22). The Hall–Kier alpha value is -2.53. The molecule has 0 spiro atoms. The van der Waals surface area contributed by atoms with Gasteiger partial charge in [-0.3, -0.25) is 9.78 Å². The summed E-state index contributed by atoms with van der Waals surface area (Å²) in [4.78, 5) is 18.1. The van der Waals surface area contributed by atoms with Crippen molar-refractivity contribution in [3.05, 3.63) is 77.2 Å². The quantitative estimate of drug-likeness (QED) is 0.770. The monoisotopic (exact) mass is 326 g/mol. The molecule has 5 heteroatoms. The molecule has 3 nitrogen and oxygen atoms in total. The molecule has 0 bridgehead atoms. The molecule has 1 N–H and O–H groups in total. The summed E-state index contributed by atoms with van der Waals surface area (Å²) < 4.78 is 13.0. The van der Waals surface area contributed by atoms with E-state index in [4.69, 9.17) is 0 Å². The SMILES string of the molecule is CC(NC(=O)c1ccc(-c2ccc(F)cc2)s1)c1ccccn1. The number of nitrogens with one attached hydrogen (secondary N) is 1. The Balaban J connectivity index is 1.72. The van der Waals surface area contributed by atoms with E-state index >= 15 is 0 Å². The number of aromatic nitrogens is 1. The number of halogens is 1. The average Bonchev–Trinajstić information content (AvgIpc) is 3.06. The molecule has 1 atom stereocenters. The maximum atomic E-state index is 13.0. The van der Waals surface area contributed by atoms with E-state index < -0.39 is 0 Å². The molecule has 1 unspecified atom stereocenters. The van der Waals surface area contributed by atoms with Gasteiger partial charge in [-0.2, -0.15) is 0 Å². The van der Waals surface area contributed by atoms with Gasteiger partial charge in [0, 0.05) is 11.1 Å². The number of pyridine rings is 1. The van der Waals surface area contributed by atoms with Crippen LogP contribution in [0.5, 0.6) is 0 Å². The Kier molecular flexibility index (Phi) is 4.48. The first-order chi connectivity index (χ1) is 11.1. The van der Waals surface area contributed by atoms with Gasteiger partial charge in [0.2, 0.25) is 0 Å². The molecule has 2 heterocycles. The number of nitrogens with zero attached hydrogens (tertiary/aromatic N) is 1. The molecule has 0 aliphatic heterocycles. The topological polar surface area (TPSA) is 42.0 Å². The highest BCUT2D eigenvalue weighted by molar-refractivity contribution is 7.17. The summed E-state index contributed by atoms with van der Waals surface area (Å²) in [6, 6.07) is 15.3. The first kappa shape index (κ1) is 15.4. The Labute approximate surface area is 137 Å². The number of benzene rings is 1. The van der Waals surface area contributed by atoms with E-state index in [1.807, 2.05) is 31.2 Å². The molecular formula is C18H15FN2OS. The van der Waals surface area contributed by atoms with Crippen molar-refractivity contribution >= 4 is 17.2 Å². The number of hydrogen-bond acceptors (Lipinski definition) is 3. The molecule has 116 valence electrons. The Morgan fingerprint density at radius 1 is 1.13 bits per heavy atom. The van der Waals surface area contributed by atoms with Gasteiger partial charge in [0.05, 0.1) is 16.6 Å². The van der Waals surface area contributed by atoms with Crippen molar-refractivity contribution in [3.63, 3.8) is 0 Å². The van der Waals surface area contributed by atoms with Crippen LogP contribution in [0.3, 0.4) is 0 Å². The van der Waals surface area contributed by atoms with Gasteiger partial charge in [0.15, 0.2) is 0 Å². The van der Waals surface area contributed by atoms with E-state index in [-0.39, 0.29) is 17.8 Å². The predicted octanol–water partition coefficient (Wildman–Crippen LogP) is 4.44. The van der Waals surface area contributed by atoms with Gasteiger partial charge < -0.3 is 5.32 Å². The van der Waals surface area contributed by atoms with Crippen LogP contribution >= 0.6 is 11.3 Å². The molecule has 1 aromatic carbocycles. The normalized spacial score (nSPS) is 11.9. The van der Waals surface area contributed by atoms with Crippen LogP contribution in [-0.4, -0.2) is 10.9 Å². The highest BCUT2D eigenvalue weighted by Crippen LogP contribution is 2.28. The first-order valence-electron chi connectivity index (χ1n) is 7.21. The van der Waals surface area contributed by atoms with E-state index in [0.717, 1.165) is 16.1 Å². The Bertz CT molecular complexity index is 799. The number of thiophene rings is 1. The lowest BCUT2D eigenvalue weighted by Gasteiger charge is -2.12. The van der Waals surface area contributed by atoms with Crippen molar-refractivity contribution in [1.82, 2.24) is 10.3 Å². The smallest absolute Gasteiger partial charge is 0.261 e. The number of carbonyl (C=O) groups excluding carboxylic acids is 1. The summed E-state index contributed by atoms with van der Waals surface area (Å²) in [5, 5.41) is 2.94. The highest BCUT2D eigenvalue weighted by Gasteiger charge is 2.14. The van der Waals surface area contributed by atoms with E-state index in [1.54, 1.807) is 24.4 Å². The van der Waals surface area contributed by atoms with Crippen LogP contribution in [0.25, 0.3) is 10.4 Å². The maximum Gasteiger partial charge on any atom is 0.261 e. The molecule has 0 radical (unpaired) electrons. The molecule has 0 aliphatic carbocycles. The Morgan fingerprint density at radius 2 is 1.91 bits per heavy atom. The van der Waals surface area contributed by atoms with Gasteiger partial charge in [0.1, 0.15) is 5.82 Å². The van der Waals surface area contributed by atoms with Gasteiger partial charge in [-0.15, -0.1) is 11.3 Å². The van der Waals surface area contributed by atoms with Crippen molar-refractivity contribution in [3.8, 4) is 10.4 Å². The zero-order valence-corrected chi connectivity index (χ0v) is 13.3. The van der Waals surface area contributed by atoms with Crippen molar-refractivity contribution in [2.45, 2.75) is 13.0 Å². The molecule has 3 rings (SSSR count). The lowest BCUT2D eigenvalue weighted by atomic mass is 10.2. The summed E-state index contributed by atoms with van der Waals surface area (Å²) in [6.45, 7) is 1.90. The molecule has 0 fully saturated rings. The van der Waals surface area contributed by atoms with Crippen LogP contribution in [0.2, 0.25) is 0 Å². The third-order valence-electron chi connectivity index (χ3n) is 3.44. The fourth-order valence-electron chi connectivity index (χ4n) is 2.20. The van der Waals surface area contributed by atoms with Crippen molar-refractivity contribution in [2.75, 3.05) is 0 Å². The predicted molar refractivity (Wildman–Crippen MR) is 89.8 cm³/mol. The van der Waals surface area contributed by atoms with Crippen LogP contribution < -0.4 is 5.32 Å². The summed E-state index contributed by atoms with van der Waals surface area (Å²) in [6.07, 6.45) is 1.70. The molecule has 0 saturated carbocycles. The van der Waals surface area contributed by atoms with E-state index in [1.165, 1.54) is 23.5 Å². The zero-order valence-electron chi connectivity index (χ0n) is 12.5. The zero-order chi connectivity index (χ0) is 16.2. The summed E-state index contributed by atoms with van der Waals surface area (Å²) in [5.74, 6) is -0.408. The lowest BCUT2D eigenvalue weighted by Crippen LogP contribution is -2.26. The van der Waals surface area contributed by atoms with Crippen molar-refractivity contribution in [2.24, 2.45) is 0 Å². The Morgan fingerprint density at radius 3 is 2.61 bits per heavy atom. The van der Waals surface area contributed by atoms with E-state index in [9.17, 15) is 9.18 Å². The molecule has 1 amide bonds. The second kappa shape index (κ2) is 6.71. The molecule has 0 aliphatic rings. The highest BCUT2D eigenvalue weighted by atomic mass is 32.1. The molecule has 2 aromatic heterocycles. The van der Waals surface area contributed by atoms with Gasteiger partial charge >= 0.3 is 0 Å². The van der Waals surface area contributed by atoms with Crippen LogP contribution in [-0.2, 0) is 0 Å². The fraction of sp³-hybridized carbons (Fsp3) is 0.111. The second-order valence-electron chi connectivity index (χ2n) is 5.12. The fourth-order valence-corrected chi connectivity index (χ4v) is 3.12. The average molecular weight is 326 g/mol. The maximum absolute atomic E-state index is 13.0. The summed E-state index contributed by atoms with van der Waals surface area (Å²) >= 11 is 1.38. The van der Waals surface area contributed by atoms with Crippen LogP contribution in [0.15, 0.2) is 60.8 Å². The van der Waals surface area contributed by atoms with E-state index in [0.29, 0.717) is 4.88 Å². The number of hydrogen-bond donors (Lipinski definition) is 1. The third kappa shape index (κ3) is 3.63. The number of amides is 1. The minimum absolute atomic E-state index is 0.137. The number of carbonyl (C=O) groups is 1. The number of rotatable bonds is 4. The minimum Gasteiger partial charge on any atom is -0.343 e. The largest absolute Gasteiger partial charge is 0.343 e. The van der Waals surface area contributed by atoms with Gasteiger partial charge in [-0.25, -0.2) is 4.39 Å². The van der Waals surface area contributed by atoms with E-state index in [2.05, 4.69) is 10.3 Å². The minimum atomic E-state index is -0.271. The molecule has 3 aromatic rings. The second-order valence-corrected chi connectivity index (χ2v) is 6.20. The summed E-state index contributed by atoms with van der Waals surface area (Å²) in [7, 11) is 0. The van der Waals surface area contributed by atoms with Gasteiger partial charge in [-0.05, 0) is 48.9 Å². The van der Waals surface area contributed by atoms with Crippen molar-refractivity contribution < 1.29 is 9.18 Å². The van der Waals surface area contributed by atoms with Crippen LogP contribution in [0.4, 0.5) is 4.39 Å². The molecular weight excluding hydrogens is 311 g/mol. The molecule has 23 heavy (non-hydrogen) atoms. The summed E-state index contributed by atoms with van der Waals surface area (Å²) in [5.41, 5.74) is 1.71. The molecule has 0 saturated heterocycles. The first-order valence-corrected chi connectivity index (χ1v) is 8.03. The van der Waals surface area contributed by atoms with Gasteiger partial charge in [-0.1, -0.05) is 18.2 Å². The van der Waals surface area contributed by atoms with Crippen molar-refractivity contribution in [1.29, 1.82) is 0 Å². The van der Waals surface area contributed by atoms with Crippen LogP contribution in [0, 0.1) is 5.82 Å². The third-order valence-corrected chi connectivity index (χ3v) is 4.57.